The Labute approximate surface area is 120 Å². The number of hydrogen-bond acceptors (Lipinski definition) is 2. The van der Waals surface area contributed by atoms with Gasteiger partial charge in [0.2, 0.25) is 0 Å². The fourth-order valence-corrected chi connectivity index (χ4v) is 2.51. The Hall–Kier alpha value is -0.190. The van der Waals surface area contributed by atoms with Crippen LogP contribution < -0.4 is 5.32 Å². The molecular weight excluding hydrogens is 322 g/mol. The summed E-state index contributed by atoms with van der Waals surface area (Å²) in [6.07, 6.45) is 3.04. The number of hydrogen-bond donors (Lipinski definition) is 1. The normalized spacial score (nSPS) is 12.2. The van der Waals surface area contributed by atoms with Crippen LogP contribution in [0.1, 0.15) is 23.7 Å². The van der Waals surface area contributed by atoms with E-state index in [2.05, 4.69) is 34.4 Å². The molecule has 2 nitrogen and oxygen atoms in total. The lowest BCUT2D eigenvalue weighted by Gasteiger charge is -2.09. The Bertz CT molecular complexity index is 380. The van der Waals surface area contributed by atoms with Gasteiger partial charge in [0.1, 0.15) is 0 Å². The van der Waals surface area contributed by atoms with E-state index in [9.17, 15) is 4.79 Å². The van der Waals surface area contributed by atoms with Crippen LogP contribution in [-0.2, 0) is 0 Å². The van der Waals surface area contributed by atoms with E-state index in [1.165, 1.54) is 0 Å². The second kappa shape index (κ2) is 7.29. The zero-order valence-corrected chi connectivity index (χ0v) is 13.0. The predicted molar refractivity (Wildman–Crippen MR) is 79.1 cm³/mol. The van der Waals surface area contributed by atoms with Crippen molar-refractivity contribution in [1.82, 2.24) is 5.32 Å². The Morgan fingerprint density at radius 3 is 2.82 bits per heavy atom. The number of nitrogens with one attached hydrogen (secondary N) is 1. The van der Waals surface area contributed by atoms with Crippen molar-refractivity contribution in [2.45, 2.75) is 18.6 Å². The number of benzene rings is 1. The monoisotopic (exact) mass is 335 g/mol. The minimum atomic E-state index is -0.0819. The summed E-state index contributed by atoms with van der Waals surface area (Å²) in [5.41, 5.74) is 0.584. The van der Waals surface area contributed by atoms with E-state index in [1.54, 1.807) is 30.0 Å². The van der Waals surface area contributed by atoms with Crippen LogP contribution in [0.3, 0.4) is 0 Å². The first-order valence-electron chi connectivity index (χ1n) is 5.30. The topological polar surface area (TPSA) is 29.1 Å². The van der Waals surface area contributed by atoms with E-state index in [-0.39, 0.29) is 5.91 Å². The molecule has 94 valence electrons. The summed E-state index contributed by atoms with van der Waals surface area (Å²) in [7, 11) is 0. The van der Waals surface area contributed by atoms with Crippen LogP contribution in [0, 0.1) is 0 Å². The highest BCUT2D eigenvalue weighted by atomic mass is 79.9. The molecule has 1 unspecified atom stereocenters. The van der Waals surface area contributed by atoms with E-state index in [4.69, 9.17) is 11.6 Å². The first kappa shape index (κ1) is 14.9. The molecule has 0 radical (unpaired) electrons. The fourth-order valence-electron chi connectivity index (χ4n) is 1.29. The summed E-state index contributed by atoms with van der Waals surface area (Å²) in [6.45, 7) is 2.83. The van der Waals surface area contributed by atoms with Gasteiger partial charge >= 0.3 is 0 Å². The Kier molecular flexibility index (Phi) is 6.38. The molecule has 0 aliphatic heterocycles. The largest absolute Gasteiger partial charge is 0.352 e. The molecule has 0 heterocycles. The highest BCUT2D eigenvalue weighted by Crippen LogP contribution is 2.19. The average molecular weight is 337 g/mol. The maximum atomic E-state index is 11.8. The smallest absolute Gasteiger partial charge is 0.251 e. The van der Waals surface area contributed by atoms with E-state index in [0.29, 0.717) is 22.4 Å². The van der Waals surface area contributed by atoms with Gasteiger partial charge in [0.15, 0.2) is 0 Å². The maximum Gasteiger partial charge on any atom is 0.251 e. The molecule has 0 aliphatic rings. The van der Waals surface area contributed by atoms with Crippen molar-refractivity contribution in [2.24, 2.45) is 0 Å². The molecule has 0 spiro atoms. The Morgan fingerprint density at radius 2 is 2.24 bits per heavy atom. The van der Waals surface area contributed by atoms with Crippen molar-refractivity contribution in [3.63, 3.8) is 0 Å². The number of carbonyl (C=O) groups excluding carboxylic acids is 1. The first-order valence-corrected chi connectivity index (χ1v) is 7.76. The molecular formula is C12H15BrClNOS. The van der Waals surface area contributed by atoms with E-state index < -0.39 is 0 Å². The van der Waals surface area contributed by atoms with Gasteiger partial charge in [-0.1, -0.05) is 34.5 Å². The Balaban J connectivity index is 2.52. The molecule has 0 aliphatic carbocycles. The molecule has 1 aromatic rings. The molecule has 1 aromatic carbocycles. The molecule has 0 saturated heterocycles. The van der Waals surface area contributed by atoms with Crippen molar-refractivity contribution < 1.29 is 4.79 Å². The summed E-state index contributed by atoms with van der Waals surface area (Å²) < 4.78 is 0.813. The lowest BCUT2D eigenvalue weighted by atomic mass is 10.2. The van der Waals surface area contributed by atoms with Gasteiger partial charge in [-0.25, -0.2) is 0 Å². The summed E-state index contributed by atoms with van der Waals surface area (Å²) in [6, 6.07) is 5.19. The van der Waals surface area contributed by atoms with Crippen LogP contribution in [0.25, 0.3) is 0 Å². The van der Waals surface area contributed by atoms with Gasteiger partial charge in [0, 0.05) is 26.9 Å². The second-order valence-corrected chi connectivity index (χ2v) is 6.38. The number of thioether (sulfide) groups is 1. The van der Waals surface area contributed by atoms with Gasteiger partial charge in [0.05, 0.1) is 0 Å². The molecule has 0 aromatic heterocycles. The number of carbonyl (C=O) groups is 1. The summed E-state index contributed by atoms with van der Waals surface area (Å²) in [5.74, 6) is -0.0819. The molecule has 5 heteroatoms. The molecule has 1 N–H and O–H groups in total. The number of amides is 1. The lowest BCUT2D eigenvalue weighted by Crippen LogP contribution is -2.26. The summed E-state index contributed by atoms with van der Waals surface area (Å²) in [5, 5.41) is 4.00. The van der Waals surface area contributed by atoms with Gasteiger partial charge in [-0.05, 0) is 30.9 Å². The van der Waals surface area contributed by atoms with E-state index in [0.717, 1.165) is 10.9 Å². The van der Waals surface area contributed by atoms with Crippen molar-refractivity contribution >= 4 is 45.2 Å². The van der Waals surface area contributed by atoms with Crippen LogP contribution in [0.5, 0.6) is 0 Å². The fraction of sp³-hybridized carbons (Fsp3) is 0.417. The number of halogens is 2. The van der Waals surface area contributed by atoms with Crippen molar-refractivity contribution in [2.75, 3.05) is 12.8 Å². The summed E-state index contributed by atoms with van der Waals surface area (Å²) in [4.78, 5) is 11.8. The van der Waals surface area contributed by atoms with Gasteiger partial charge in [-0.2, -0.15) is 11.8 Å². The predicted octanol–water partition coefficient (Wildman–Crippen LogP) is 3.97. The maximum absolute atomic E-state index is 11.8. The zero-order chi connectivity index (χ0) is 12.8. The molecule has 17 heavy (non-hydrogen) atoms. The van der Waals surface area contributed by atoms with Crippen molar-refractivity contribution in [1.29, 1.82) is 0 Å². The highest BCUT2D eigenvalue weighted by molar-refractivity contribution is 9.10. The molecule has 1 rings (SSSR count). The lowest BCUT2D eigenvalue weighted by molar-refractivity contribution is 0.0953. The van der Waals surface area contributed by atoms with Gasteiger partial charge in [0.25, 0.3) is 5.91 Å². The third-order valence-electron chi connectivity index (χ3n) is 2.36. The quantitative estimate of drug-likeness (QED) is 0.881. The van der Waals surface area contributed by atoms with Crippen LogP contribution in [0.15, 0.2) is 22.7 Å². The minimum absolute atomic E-state index is 0.0819. The van der Waals surface area contributed by atoms with Gasteiger partial charge in [-0.15, -0.1) is 0 Å². The second-order valence-electron chi connectivity index (χ2n) is 3.75. The Morgan fingerprint density at radius 1 is 1.53 bits per heavy atom. The third-order valence-corrected chi connectivity index (χ3v) is 4.08. The molecule has 0 fully saturated rings. The summed E-state index contributed by atoms with van der Waals surface area (Å²) >= 11 is 11.0. The molecule has 0 saturated carbocycles. The number of rotatable bonds is 5. The van der Waals surface area contributed by atoms with Crippen LogP contribution in [0.2, 0.25) is 5.02 Å². The minimum Gasteiger partial charge on any atom is -0.352 e. The van der Waals surface area contributed by atoms with E-state index >= 15 is 0 Å². The first-order chi connectivity index (χ1) is 8.02. The van der Waals surface area contributed by atoms with Gasteiger partial charge in [-0.3, -0.25) is 4.79 Å². The van der Waals surface area contributed by atoms with Crippen molar-refractivity contribution in [3.05, 3.63) is 33.3 Å². The SMILES string of the molecule is CSC(C)CCNC(=O)c1cc(Cl)cc(Br)c1. The molecule has 1 atom stereocenters. The van der Waals surface area contributed by atoms with Crippen LogP contribution in [0.4, 0.5) is 0 Å². The molecule has 1 amide bonds. The highest BCUT2D eigenvalue weighted by Gasteiger charge is 2.07. The third kappa shape index (κ3) is 5.32. The van der Waals surface area contributed by atoms with Crippen LogP contribution >= 0.6 is 39.3 Å². The van der Waals surface area contributed by atoms with E-state index in [1.807, 2.05) is 0 Å². The zero-order valence-electron chi connectivity index (χ0n) is 9.80. The van der Waals surface area contributed by atoms with Crippen LogP contribution in [-0.4, -0.2) is 24.0 Å². The molecule has 0 bridgehead atoms. The van der Waals surface area contributed by atoms with Crippen molar-refractivity contribution in [3.8, 4) is 0 Å². The standard InChI is InChI=1S/C12H15BrClNOS/c1-8(17-2)3-4-15-12(16)9-5-10(13)7-11(14)6-9/h5-8H,3-4H2,1-2H3,(H,15,16). The van der Waals surface area contributed by atoms with Gasteiger partial charge < -0.3 is 5.32 Å². The average Bonchev–Trinajstić information content (AvgIpc) is 2.27.